The van der Waals surface area contributed by atoms with Crippen LogP contribution in [-0.2, 0) is 12.1 Å². The van der Waals surface area contributed by atoms with Crippen molar-refractivity contribution < 1.29 is 9.59 Å². The first-order chi connectivity index (χ1) is 17.7. The van der Waals surface area contributed by atoms with Gasteiger partial charge in [-0.25, -0.2) is 0 Å². The molecule has 0 unspecified atom stereocenters. The molecule has 0 spiro atoms. The fourth-order valence-electron chi connectivity index (χ4n) is 6.30. The van der Waals surface area contributed by atoms with Crippen LogP contribution in [0.3, 0.4) is 0 Å². The summed E-state index contributed by atoms with van der Waals surface area (Å²) in [6.45, 7) is 4.02. The summed E-state index contributed by atoms with van der Waals surface area (Å²) in [5.41, 5.74) is 5.93. The second-order valence-electron chi connectivity index (χ2n) is 10.4. The van der Waals surface area contributed by atoms with Gasteiger partial charge >= 0.3 is 0 Å². The van der Waals surface area contributed by atoms with Crippen LogP contribution in [0, 0.1) is 11.8 Å². The van der Waals surface area contributed by atoms with Crippen molar-refractivity contribution in [1.82, 2.24) is 0 Å². The van der Waals surface area contributed by atoms with Crippen LogP contribution in [0.25, 0.3) is 11.1 Å². The molecule has 1 aliphatic carbocycles. The summed E-state index contributed by atoms with van der Waals surface area (Å²) in [6.07, 6.45) is 1.59. The molecule has 4 aromatic carbocycles. The average molecular weight is 471 g/mol. The van der Waals surface area contributed by atoms with Gasteiger partial charge in [-0.05, 0) is 33.7 Å². The number of likely N-dealkylation sites (tertiary alicyclic amines) is 1. The summed E-state index contributed by atoms with van der Waals surface area (Å²) in [5, 5.41) is 11.9. The molecule has 0 aromatic heterocycles. The van der Waals surface area contributed by atoms with Crippen molar-refractivity contribution in [3.8, 4) is 23.0 Å². The van der Waals surface area contributed by atoms with E-state index in [1.54, 1.807) is 0 Å². The Kier molecular flexibility index (Phi) is 5.97. The molecule has 1 saturated heterocycles. The Morgan fingerprint density at radius 2 is 1.31 bits per heavy atom. The van der Waals surface area contributed by atoms with E-state index >= 15 is 0 Å². The molecular formula is C34H32NO+. The standard InChI is InChI=1S/C34H32NO/c36-34(32-19-9-7-17-30(32)31-18-8-10-20-33(31)34)22-11-12-23-35(25-27-13-3-1-4-14-27)24-21-29(26-35)28-15-5-2-6-16-28/h1-10,13-20,29,36H,21-26H2/q+1/t29-,35-/m0/s1. The molecule has 1 heterocycles. The maximum Gasteiger partial charge on any atom is 0.141 e. The number of rotatable bonds is 5. The van der Waals surface area contributed by atoms with E-state index in [1.807, 2.05) is 36.4 Å². The predicted octanol–water partition coefficient (Wildman–Crippen LogP) is 6.50. The van der Waals surface area contributed by atoms with Crippen LogP contribution in [0.15, 0.2) is 109 Å². The molecule has 4 aromatic rings. The van der Waals surface area contributed by atoms with Gasteiger partial charge in [0, 0.05) is 24.3 Å². The zero-order valence-electron chi connectivity index (χ0n) is 20.6. The van der Waals surface area contributed by atoms with Crippen molar-refractivity contribution in [1.29, 1.82) is 0 Å². The Morgan fingerprint density at radius 1 is 0.722 bits per heavy atom. The van der Waals surface area contributed by atoms with E-state index in [0.717, 1.165) is 52.9 Å². The van der Waals surface area contributed by atoms with Crippen molar-refractivity contribution in [2.45, 2.75) is 30.9 Å². The molecule has 1 aliphatic heterocycles. The Bertz CT molecular complexity index is 1370. The molecular weight excluding hydrogens is 438 g/mol. The topological polar surface area (TPSA) is 20.2 Å². The van der Waals surface area contributed by atoms with Gasteiger partial charge in [0.2, 0.25) is 0 Å². The molecule has 0 bridgehead atoms. The minimum atomic E-state index is -1.05. The lowest BCUT2D eigenvalue weighted by molar-refractivity contribution is -0.923. The number of nitrogens with zero attached hydrogens (tertiary/aromatic N) is 1. The Morgan fingerprint density at radius 3 is 1.97 bits per heavy atom. The second kappa shape index (κ2) is 9.43. The van der Waals surface area contributed by atoms with Gasteiger partial charge in [-0.3, -0.25) is 0 Å². The largest absolute Gasteiger partial charge is 0.379 e. The maximum absolute atomic E-state index is 11.9. The normalized spacial score (nSPS) is 21.3. The van der Waals surface area contributed by atoms with Gasteiger partial charge in [0.1, 0.15) is 18.7 Å². The lowest BCUT2D eigenvalue weighted by Crippen LogP contribution is -2.45. The van der Waals surface area contributed by atoms with Gasteiger partial charge < -0.3 is 9.59 Å². The van der Waals surface area contributed by atoms with E-state index in [-0.39, 0.29) is 0 Å². The fourth-order valence-corrected chi connectivity index (χ4v) is 6.30. The van der Waals surface area contributed by atoms with E-state index in [9.17, 15) is 5.11 Å². The van der Waals surface area contributed by atoms with E-state index in [2.05, 4.69) is 84.6 Å². The van der Waals surface area contributed by atoms with Gasteiger partial charge in [0.15, 0.2) is 0 Å². The van der Waals surface area contributed by atoms with Crippen LogP contribution in [0.2, 0.25) is 0 Å². The zero-order valence-corrected chi connectivity index (χ0v) is 20.6. The highest BCUT2D eigenvalue weighted by Gasteiger charge is 2.41. The number of hydrogen-bond donors (Lipinski definition) is 1. The minimum absolute atomic E-state index is 0.411. The quantitative estimate of drug-likeness (QED) is 0.261. The number of hydrogen-bond acceptors (Lipinski definition) is 1. The first-order valence-corrected chi connectivity index (χ1v) is 13.0. The van der Waals surface area contributed by atoms with Crippen molar-refractivity contribution in [3.05, 3.63) is 131 Å². The van der Waals surface area contributed by atoms with Crippen LogP contribution in [0.5, 0.6) is 0 Å². The highest BCUT2D eigenvalue weighted by Crippen LogP contribution is 2.48. The summed E-state index contributed by atoms with van der Waals surface area (Å²) >= 11 is 0. The summed E-state index contributed by atoms with van der Waals surface area (Å²) < 4.78 is 0.974. The summed E-state index contributed by atoms with van der Waals surface area (Å²) in [7, 11) is 0. The first kappa shape index (κ1) is 22.8. The summed E-state index contributed by atoms with van der Waals surface area (Å²) in [5.74, 6) is 7.53. The Hall–Kier alpha value is -3.64. The summed E-state index contributed by atoms with van der Waals surface area (Å²) in [6, 6.07) is 38.2. The lowest BCUT2D eigenvalue weighted by atomic mass is 9.88. The number of aliphatic hydroxyl groups is 1. The molecule has 178 valence electrons. The Balaban J connectivity index is 1.26. The predicted molar refractivity (Wildman–Crippen MR) is 146 cm³/mol. The fraction of sp³-hybridized carbons (Fsp3) is 0.235. The molecule has 6 rings (SSSR count). The van der Waals surface area contributed by atoms with Gasteiger partial charge in [-0.15, -0.1) is 0 Å². The van der Waals surface area contributed by atoms with Crippen LogP contribution in [0.1, 0.15) is 41.0 Å². The number of fused-ring (bicyclic) bond motifs is 3. The van der Waals surface area contributed by atoms with E-state index < -0.39 is 5.60 Å². The maximum atomic E-state index is 11.9. The third kappa shape index (κ3) is 4.16. The molecule has 1 N–H and O–H groups in total. The van der Waals surface area contributed by atoms with Crippen LogP contribution >= 0.6 is 0 Å². The molecule has 0 amide bonds. The summed E-state index contributed by atoms with van der Waals surface area (Å²) in [4.78, 5) is 0. The monoisotopic (exact) mass is 470 g/mol. The number of quaternary nitrogens is 1. The van der Waals surface area contributed by atoms with E-state index in [0.29, 0.717) is 12.3 Å². The second-order valence-corrected chi connectivity index (χ2v) is 10.4. The van der Waals surface area contributed by atoms with Gasteiger partial charge in [-0.2, -0.15) is 0 Å². The van der Waals surface area contributed by atoms with Crippen molar-refractivity contribution in [2.24, 2.45) is 0 Å². The van der Waals surface area contributed by atoms with Crippen LogP contribution < -0.4 is 0 Å². The van der Waals surface area contributed by atoms with Crippen molar-refractivity contribution in [3.63, 3.8) is 0 Å². The molecule has 0 saturated carbocycles. The van der Waals surface area contributed by atoms with Crippen molar-refractivity contribution >= 4 is 0 Å². The van der Waals surface area contributed by atoms with Crippen LogP contribution in [-0.4, -0.2) is 29.2 Å². The first-order valence-electron chi connectivity index (χ1n) is 13.0. The zero-order chi connectivity index (χ0) is 24.4. The lowest BCUT2D eigenvalue weighted by Gasteiger charge is -2.33. The third-order valence-electron chi connectivity index (χ3n) is 8.11. The third-order valence-corrected chi connectivity index (χ3v) is 8.11. The van der Waals surface area contributed by atoms with Gasteiger partial charge in [-0.1, -0.05) is 115 Å². The van der Waals surface area contributed by atoms with Gasteiger partial charge in [0.05, 0.1) is 13.1 Å². The smallest absolute Gasteiger partial charge is 0.141 e. The Labute approximate surface area is 214 Å². The van der Waals surface area contributed by atoms with Crippen molar-refractivity contribution in [2.75, 3.05) is 19.6 Å². The molecule has 36 heavy (non-hydrogen) atoms. The molecule has 2 atom stereocenters. The van der Waals surface area contributed by atoms with Crippen LogP contribution in [0.4, 0.5) is 0 Å². The van der Waals surface area contributed by atoms with E-state index in [1.165, 1.54) is 17.5 Å². The molecule has 0 radical (unpaired) electrons. The van der Waals surface area contributed by atoms with Gasteiger partial charge in [0.25, 0.3) is 0 Å². The average Bonchev–Trinajstić information content (AvgIpc) is 3.46. The molecule has 2 heteroatoms. The number of benzene rings is 4. The SMILES string of the molecule is OC1(CC#CC[N@@+]2(Cc3ccccc3)CC[C@H](c3ccccc3)C2)c2ccccc2-c2ccccc21. The highest BCUT2D eigenvalue weighted by molar-refractivity contribution is 5.80. The van der Waals surface area contributed by atoms with E-state index in [4.69, 9.17) is 0 Å². The molecule has 2 aliphatic rings. The molecule has 1 fully saturated rings. The highest BCUT2D eigenvalue weighted by atomic mass is 16.3. The molecule has 2 nitrogen and oxygen atoms in total. The minimum Gasteiger partial charge on any atom is -0.379 e.